The highest BCUT2D eigenvalue weighted by atomic mass is 35.5. The van der Waals surface area contributed by atoms with Gasteiger partial charge >= 0.3 is 11.7 Å². The van der Waals surface area contributed by atoms with Crippen LogP contribution in [0.4, 0.5) is 10.5 Å². The normalized spacial score (nSPS) is 10.6. The van der Waals surface area contributed by atoms with E-state index in [0.29, 0.717) is 10.4 Å². The number of anilines is 1. The van der Waals surface area contributed by atoms with Crippen LogP contribution in [-0.2, 0) is 0 Å². The Bertz CT molecular complexity index is 932. The number of carbonyl (C=O) groups excluding carboxylic acids is 1. The van der Waals surface area contributed by atoms with Crippen LogP contribution in [0.2, 0.25) is 10.0 Å². The lowest BCUT2D eigenvalue weighted by Gasteiger charge is -2.15. The Kier molecular flexibility index (Phi) is 4.37. The van der Waals surface area contributed by atoms with Crippen molar-refractivity contribution in [3.8, 4) is 5.69 Å². The van der Waals surface area contributed by atoms with E-state index in [1.54, 1.807) is 42.5 Å². The van der Waals surface area contributed by atoms with Crippen molar-refractivity contribution in [1.82, 2.24) is 19.8 Å². The van der Waals surface area contributed by atoms with Crippen LogP contribution in [0.5, 0.6) is 0 Å². The molecule has 0 fully saturated rings. The SMILES string of the molecule is CN(C(=O)n1nnn(-c2c(Cl)cccc2Cl)c1=O)c1ccccc1. The van der Waals surface area contributed by atoms with Gasteiger partial charge < -0.3 is 0 Å². The summed E-state index contributed by atoms with van der Waals surface area (Å²) in [4.78, 5) is 26.3. The number of hydrogen-bond acceptors (Lipinski definition) is 4. The van der Waals surface area contributed by atoms with E-state index in [4.69, 9.17) is 23.2 Å². The van der Waals surface area contributed by atoms with E-state index in [0.717, 1.165) is 4.68 Å². The van der Waals surface area contributed by atoms with Gasteiger partial charge in [0.25, 0.3) is 0 Å². The summed E-state index contributed by atoms with van der Waals surface area (Å²) in [5.74, 6) is 0. The number of tetrazole rings is 1. The summed E-state index contributed by atoms with van der Waals surface area (Å²) in [6.45, 7) is 0. The van der Waals surface area contributed by atoms with Crippen molar-refractivity contribution in [2.45, 2.75) is 0 Å². The number of benzene rings is 2. The molecule has 0 bridgehead atoms. The minimum Gasteiger partial charge on any atom is -0.295 e. The minimum atomic E-state index is -0.766. The van der Waals surface area contributed by atoms with Gasteiger partial charge in [-0.15, -0.1) is 4.68 Å². The second kappa shape index (κ2) is 6.46. The van der Waals surface area contributed by atoms with Gasteiger partial charge in [0.2, 0.25) is 0 Å². The maximum atomic E-state index is 12.5. The molecule has 9 heteroatoms. The van der Waals surface area contributed by atoms with Crippen LogP contribution in [0.15, 0.2) is 53.3 Å². The van der Waals surface area contributed by atoms with E-state index >= 15 is 0 Å². The number of hydrogen-bond donors (Lipinski definition) is 0. The third kappa shape index (κ3) is 2.79. The molecule has 0 unspecified atom stereocenters. The van der Waals surface area contributed by atoms with Crippen molar-refractivity contribution in [2.75, 3.05) is 11.9 Å². The molecular formula is C15H11Cl2N5O2. The molecule has 0 radical (unpaired) electrons. The average molecular weight is 364 g/mol. The number of halogens is 2. The fraction of sp³-hybridized carbons (Fsp3) is 0.0667. The van der Waals surface area contributed by atoms with Crippen molar-refractivity contribution >= 4 is 34.9 Å². The maximum Gasteiger partial charge on any atom is 0.377 e. The standard InChI is InChI=1S/C15H11Cl2N5O2/c1-20(10-6-3-2-4-7-10)14(23)22-15(24)21(18-19-22)13-11(16)8-5-9-12(13)17/h2-9H,1H3. The fourth-order valence-electron chi connectivity index (χ4n) is 2.10. The van der Waals surface area contributed by atoms with Crippen LogP contribution in [0.1, 0.15) is 0 Å². The minimum absolute atomic E-state index is 0.173. The average Bonchev–Trinajstić information content (AvgIpc) is 2.96. The van der Waals surface area contributed by atoms with Crippen LogP contribution in [0.3, 0.4) is 0 Å². The quantitative estimate of drug-likeness (QED) is 0.656. The molecule has 24 heavy (non-hydrogen) atoms. The van der Waals surface area contributed by atoms with Crippen LogP contribution in [-0.4, -0.2) is 32.9 Å². The topological polar surface area (TPSA) is 73.0 Å². The third-order valence-electron chi connectivity index (χ3n) is 3.34. The van der Waals surface area contributed by atoms with Gasteiger partial charge in [0, 0.05) is 12.7 Å². The summed E-state index contributed by atoms with van der Waals surface area (Å²) >= 11 is 12.1. The van der Waals surface area contributed by atoms with Gasteiger partial charge in [-0.2, -0.15) is 4.68 Å². The van der Waals surface area contributed by atoms with Crippen molar-refractivity contribution in [3.05, 3.63) is 69.1 Å². The number of carbonyl (C=O) groups is 1. The highest BCUT2D eigenvalue weighted by Gasteiger charge is 2.22. The molecule has 0 spiro atoms. The molecule has 1 heterocycles. The molecule has 1 amide bonds. The summed E-state index contributed by atoms with van der Waals surface area (Å²) in [5.41, 5.74) is 0.0183. The Hall–Kier alpha value is -2.64. The van der Waals surface area contributed by atoms with Crippen molar-refractivity contribution in [3.63, 3.8) is 0 Å². The number of amides is 1. The predicted molar refractivity (Wildman–Crippen MR) is 91.3 cm³/mol. The Labute approximate surface area is 146 Å². The van der Waals surface area contributed by atoms with Gasteiger partial charge in [-0.05, 0) is 34.7 Å². The molecule has 0 aliphatic heterocycles. The zero-order chi connectivity index (χ0) is 17.3. The largest absolute Gasteiger partial charge is 0.377 e. The lowest BCUT2D eigenvalue weighted by molar-refractivity contribution is 0.245. The van der Waals surface area contributed by atoms with Crippen LogP contribution in [0, 0.1) is 0 Å². The predicted octanol–water partition coefficient (Wildman–Crippen LogP) is 2.84. The molecule has 1 aromatic heterocycles. The highest BCUT2D eigenvalue weighted by molar-refractivity contribution is 6.37. The lowest BCUT2D eigenvalue weighted by Crippen LogP contribution is -2.38. The summed E-state index contributed by atoms with van der Waals surface area (Å²) in [6.07, 6.45) is 0. The first-order chi connectivity index (χ1) is 11.5. The first-order valence-electron chi connectivity index (χ1n) is 6.83. The Balaban J connectivity index is 2.02. The molecule has 0 atom stereocenters. The lowest BCUT2D eigenvalue weighted by atomic mass is 10.3. The zero-order valence-corrected chi connectivity index (χ0v) is 13.9. The molecule has 0 aliphatic carbocycles. The molecule has 0 N–H and O–H groups in total. The smallest absolute Gasteiger partial charge is 0.295 e. The van der Waals surface area contributed by atoms with E-state index in [1.165, 1.54) is 11.9 Å². The Morgan fingerprint density at radius 2 is 1.62 bits per heavy atom. The van der Waals surface area contributed by atoms with Gasteiger partial charge in [0.1, 0.15) is 5.69 Å². The van der Waals surface area contributed by atoms with Crippen molar-refractivity contribution < 1.29 is 4.79 Å². The number of nitrogens with zero attached hydrogens (tertiary/aromatic N) is 5. The van der Waals surface area contributed by atoms with Crippen molar-refractivity contribution in [1.29, 1.82) is 0 Å². The molecule has 0 aliphatic rings. The maximum absolute atomic E-state index is 12.5. The zero-order valence-electron chi connectivity index (χ0n) is 12.4. The summed E-state index contributed by atoms with van der Waals surface area (Å²) in [6, 6.07) is 13.0. The summed E-state index contributed by atoms with van der Waals surface area (Å²) in [7, 11) is 1.53. The van der Waals surface area contributed by atoms with E-state index in [-0.39, 0.29) is 15.7 Å². The summed E-state index contributed by atoms with van der Waals surface area (Å²) in [5, 5.41) is 7.78. The monoisotopic (exact) mass is 363 g/mol. The van der Waals surface area contributed by atoms with Crippen molar-refractivity contribution in [2.24, 2.45) is 0 Å². The van der Waals surface area contributed by atoms with Crippen LogP contribution >= 0.6 is 23.2 Å². The fourth-order valence-corrected chi connectivity index (χ4v) is 2.66. The molecule has 2 aromatic carbocycles. The van der Waals surface area contributed by atoms with E-state index in [1.807, 2.05) is 6.07 Å². The van der Waals surface area contributed by atoms with E-state index < -0.39 is 11.7 Å². The first-order valence-corrected chi connectivity index (χ1v) is 7.59. The van der Waals surface area contributed by atoms with Gasteiger partial charge in [-0.1, -0.05) is 47.5 Å². The number of para-hydroxylation sites is 2. The Morgan fingerprint density at radius 3 is 2.25 bits per heavy atom. The van der Waals surface area contributed by atoms with Gasteiger partial charge in [0.05, 0.1) is 10.0 Å². The summed E-state index contributed by atoms with van der Waals surface area (Å²) < 4.78 is 1.54. The second-order valence-corrected chi connectivity index (χ2v) is 5.65. The van der Waals surface area contributed by atoms with Crippen LogP contribution < -0.4 is 10.6 Å². The Morgan fingerprint density at radius 1 is 1.00 bits per heavy atom. The molecule has 0 saturated carbocycles. The van der Waals surface area contributed by atoms with Gasteiger partial charge in [-0.3, -0.25) is 4.90 Å². The van der Waals surface area contributed by atoms with E-state index in [9.17, 15) is 9.59 Å². The molecule has 3 rings (SSSR count). The molecule has 7 nitrogen and oxygen atoms in total. The highest BCUT2D eigenvalue weighted by Crippen LogP contribution is 2.26. The van der Waals surface area contributed by atoms with Crippen LogP contribution in [0.25, 0.3) is 5.69 Å². The molecule has 122 valence electrons. The molecule has 0 saturated heterocycles. The third-order valence-corrected chi connectivity index (χ3v) is 3.95. The number of rotatable bonds is 2. The second-order valence-electron chi connectivity index (χ2n) is 4.83. The molecular weight excluding hydrogens is 353 g/mol. The van der Waals surface area contributed by atoms with E-state index in [2.05, 4.69) is 10.4 Å². The molecule has 3 aromatic rings. The van der Waals surface area contributed by atoms with Gasteiger partial charge in [0.15, 0.2) is 0 Å². The number of aromatic nitrogens is 4. The van der Waals surface area contributed by atoms with Gasteiger partial charge in [-0.25, -0.2) is 9.59 Å². The first kappa shape index (κ1) is 16.2.